The summed E-state index contributed by atoms with van der Waals surface area (Å²) in [5.41, 5.74) is 13.1. The molecular weight excluding hydrogens is 649 g/mol. The Morgan fingerprint density at radius 2 is 1.55 bits per heavy atom. The molecule has 7 heterocycles. The van der Waals surface area contributed by atoms with Gasteiger partial charge in [-0.25, -0.2) is 38.3 Å². The summed E-state index contributed by atoms with van der Waals surface area (Å²) in [5, 5.41) is 0. The summed E-state index contributed by atoms with van der Waals surface area (Å²) in [6, 6.07) is 1.54. The van der Waals surface area contributed by atoms with E-state index in [9.17, 15) is 9.13 Å². The normalized spacial score (nSPS) is 38.2. The second kappa shape index (κ2) is 11.0. The van der Waals surface area contributed by atoms with E-state index in [1.807, 2.05) is 0 Å². The van der Waals surface area contributed by atoms with Crippen LogP contribution in [-0.2, 0) is 36.7 Å². The predicted octanol–water partition coefficient (Wildman–Crippen LogP) is 1.50. The zero-order valence-electron chi connectivity index (χ0n) is 22.6. The van der Waals surface area contributed by atoms with Crippen molar-refractivity contribution in [3.8, 4) is 0 Å². The van der Waals surface area contributed by atoms with Crippen molar-refractivity contribution in [2.45, 2.75) is 49.2 Å². The van der Waals surface area contributed by atoms with Gasteiger partial charge >= 0.3 is 6.80 Å². The molecule has 4 N–H and O–H groups in total. The number of fused-ring (bicyclic) bond motifs is 5. The van der Waals surface area contributed by atoms with Crippen LogP contribution < -0.4 is 11.5 Å². The van der Waals surface area contributed by atoms with Gasteiger partial charge in [-0.05, 0) is 6.07 Å². The van der Waals surface area contributed by atoms with Crippen molar-refractivity contribution in [1.29, 1.82) is 0 Å². The molecule has 234 valence electrons. The van der Waals surface area contributed by atoms with Crippen LogP contribution in [0.1, 0.15) is 12.5 Å². The van der Waals surface area contributed by atoms with Gasteiger partial charge in [0.15, 0.2) is 41.9 Å². The fourth-order valence-corrected chi connectivity index (χ4v) is 7.98. The summed E-state index contributed by atoms with van der Waals surface area (Å²) in [6.45, 7) is -5.63. The number of nitrogens with zero attached hydrogens (tertiary/aromatic N) is 7. The van der Waals surface area contributed by atoms with Gasteiger partial charge in [-0.2, -0.15) is 0 Å². The number of imidazole rings is 2. The molecule has 17 nitrogen and oxygen atoms in total. The SMILES string of the molecule is BP1(=O)OC[C@H]2O[C@@H](n3cnc4c(N)ncnc43)[C@H](F)[C@@H]2OP(=O)(S)OC[C@H]2O[C@@H](n3cnc4c(N)ccnc43)[C@H](O1)[C@H]2F. The van der Waals surface area contributed by atoms with E-state index in [0.29, 0.717) is 11.2 Å². The van der Waals surface area contributed by atoms with Crippen LogP contribution in [0.2, 0.25) is 0 Å². The molecule has 3 fully saturated rings. The number of alkyl halides is 2. The van der Waals surface area contributed by atoms with E-state index >= 15 is 8.78 Å². The summed E-state index contributed by atoms with van der Waals surface area (Å²) in [7, 11) is -3.00. The van der Waals surface area contributed by atoms with Crippen molar-refractivity contribution >= 4 is 67.9 Å². The second-order valence-electron chi connectivity index (χ2n) is 10.3. The molecule has 0 radical (unpaired) electrons. The van der Waals surface area contributed by atoms with E-state index in [-0.39, 0.29) is 22.6 Å². The third-order valence-electron chi connectivity index (χ3n) is 7.40. The highest BCUT2D eigenvalue weighted by molar-refractivity contribution is 8.44. The molecular formula is C21H24BF2N9O8P2S. The lowest BCUT2D eigenvalue weighted by Gasteiger charge is -2.27. The number of thiol groups is 1. The topological polar surface area (TPSA) is 216 Å². The molecule has 7 rings (SSSR count). The molecule has 4 aromatic rings. The molecule has 10 atom stereocenters. The standard InChI is InChI=1S/C21H24BF2N9O8P2S/c22-42(34)36-4-10-15(12(24)20(39-10)32-7-31-14-17(26)28-5-29-19(14)32)41-43(35,44)37-3-9-11(23)16(40-42)21(38-9)33-6-30-13-8(25)1-2-27-18(13)33/h1-2,5-7,9-12,15-16,20-21H,3-4,22H2,(H2,25,27)(H,35,44)(H2,26,28,29)/t9-,10-,11+,12-,15-,16-,20-,21-,42?,43?/m1/s1. The number of pyridine rings is 1. The van der Waals surface area contributed by atoms with Gasteiger partial charge < -0.3 is 30.0 Å². The third kappa shape index (κ3) is 5.19. The first-order valence-electron chi connectivity index (χ1n) is 13.1. The maximum atomic E-state index is 16.0. The number of aromatic nitrogens is 7. The highest BCUT2D eigenvalue weighted by Gasteiger charge is 2.54. The molecule has 0 spiro atoms. The van der Waals surface area contributed by atoms with Crippen molar-refractivity contribution in [3.05, 3.63) is 31.2 Å². The Bertz CT molecular complexity index is 1840. The quantitative estimate of drug-likeness (QED) is 0.156. The number of anilines is 2. The maximum Gasteiger partial charge on any atom is 0.386 e. The van der Waals surface area contributed by atoms with E-state index in [0.717, 1.165) is 7.57 Å². The average molecular weight is 673 g/mol. The minimum absolute atomic E-state index is 0.0610. The Balaban J connectivity index is 1.20. The van der Waals surface area contributed by atoms with Crippen molar-refractivity contribution in [2.75, 3.05) is 24.7 Å². The Morgan fingerprint density at radius 1 is 0.864 bits per heavy atom. The molecule has 3 saturated heterocycles. The smallest absolute Gasteiger partial charge is 0.386 e. The van der Waals surface area contributed by atoms with Crippen molar-refractivity contribution in [1.82, 2.24) is 34.1 Å². The van der Waals surface area contributed by atoms with Gasteiger partial charge in [-0.15, -0.1) is 0 Å². The summed E-state index contributed by atoms with van der Waals surface area (Å²) < 4.78 is 95.3. The van der Waals surface area contributed by atoms with E-state index in [2.05, 4.69) is 37.2 Å². The van der Waals surface area contributed by atoms with Crippen LogP contribution >= 0.6 is 26.5 Å². The van der Waals surface area contributed by atoms with Crippen LogP contribution in [0.4, 0.5) is 20.3 Å². The molecule has 0 aromatic carbocycles. The average Bonchev–Trinajstić information content (AvgIpc) is 3.73. The number of hydrogen-bond donors (Lipinski definition) is 3. The van der Waals surface area contributed by atoms with Crippen molar-refractivity contribution < 1.29 is 45.5 Å². The first kappa shape index (κ1) is 29.9. The predicted molar refractivity (Wildman–Crippen MR) is 154 cm³/mol. The number of ether oxygens (including phenoxy) is 2. The van der Waals surface area contributed by atoms with E-state index < -0.39 is 76.7 Å². The lowest BCUT2D eigenvalue weighted by atomic mass is 10.1. The molecule has 44 heavy (non-hydrogen) atoms. The molecule has 3 aliphatic heterocycles. The molecule has 0 aliphatic carbocycles. The lowest BCUT2D eigenvalue weighted by molar-refractivity contribution is -0.0565. The number of nitrogen functional groups attached to an aromatic ring is 2. The lowest BCUT2D eigenvalue weighted by Crippen LogP contribution is -2.34. The minimum Gasteiger partial charge on any atom is -0.397 e. The van der Waals surface area contributed by atoms with Gasteiger partial charge in [0.05, 0.1) is 31.6 Å². The number of rotatable bonds is 2. The van der Waals surface area contributed by atoms with E-state index in [1.165, 1.54) is 40.4 Å². The molecule has 2 bridgehead atoms. The Kier molecular flexibility index (Phi) is 7.46. The van der Waals surface area contributed by atoms with Gasteiger partial charge in [0.1, 0.15) is 41.8 Å². The van der Waals surface area contributed by atoms with Gasteiger partial charge in [0, 0.05) is 6.20 Å². The van der Waals surface area contributed by atoms with Crippen molar-refractivity contribution in [2.24, 2.45) is 0 Å². The maximum absolute atomic E-state index is 16.0. The molecule has 2 unspecified atom stereocenters. The number of nitrogens with two attached hydrogens (primary N) is 2. The highest BCUT2D eigenvalue weighted by Crippen LogP contribution is 2.58. The van der Waals surface area contributed by atoms with Gasteiger partial charge in [-0.1, -0.05) is 12.2 Å². The fourth-order valence-electron chi connectivity index (χ4n) is 5.35. The van der Waals surface area contributed by atoms with Gasteiger partial charge in [0.25, 0.3) is 15.0 Å². The monoisotopic (exact) mass is 673 g/mol. The highest BCUT2D eigenvalue weighted by atomic mass is 32.7. The van der Waals surface area contributed by atoms with Crippen LogP contribution in [-0.4, -0.2) is 91.6 Å². The Morgan fingerprint density at radius 3 is 2.34 bits per heavy atom. The van der Waals surface area contributed by atoms with Crippen molar-refractivity contribution in [3.63, 3.8) is 0 Å². The molecule has 4 aromatic heterocycles. The van der Waals surface area contributed by atoms with Gasteiger partial charge in [-0.3, -0.25) is 22.7 Å². The Hall–Kier alpha value is -2.74. The third-order valence-corrected chi connectivity index (χ3v) is 10.3. The summed E-state index contributed by atoms with van der Waals surface area (Å²) in [6.07, 6.45) is -7.38. The minimum atomic E-state index is -4.39. The summed E-state index contributed by atoms with van der Waals surface area (Å²) in [5.74, 6) is 0.0610. The largest absolute Gasteiger partial charge is 0.397 e. The summed E-state index contributed by atoms with van der Waals surface area (Å²) in [4.78, 5) is 20.5. The van der Waals surface area contributed by atoms with E-state index in [1.54, 1.807) is 0 Å². The zero-order valence-corrected chi connectivity index (χ0v) is 25.3. The van der Waals surface area contributed by atoms with Crippen LogP contribution in [0.5, 0.6) is 0 Å². The molecule has 0 amide bonds. The zero-order chi connectivity index (χ0) is 31.0. The molecule has 23 heteroatoms. The number of halogens is 2. The van der Waals surface area contributed by atoms with Crippen LogP contribution in [0.3, 0.4) is 0 Å². The van der Waals surface area contributed by atoms with Crippen LogP contribution in [0.15, 0.2) is 31.2 Å². The van der Waals surface area contributed by atoms with E-state index in [4.69, 9.17) is 39.0 Å². The fraction of sp³-hybridized carbons (Fsp3) is 0.476. The Labute approximate surface area is 252 Å². The second-order valence-corrected chi connectivity index (χ2v) is 15.2. The molecule has 0 saturated carbocycles. The van der Waals surface area contributed by atoms with Crippen LogP contribution in [0, 0.1) is 0 Å². The number of hydrogen-bond acceptors (Lipinski definition) is 15. The first-order valence-corrected chi connectivity index (χ1v) is 17.8. The summed E-state index contributed by atoms with van der Waals surface area (Å²) >= 11 is 3.99. The van der Waals surface area contributed by atoms with Gasteiger partial charge in [0.2, 0.25) is 0 Å². The van der Waals surface area contributed by atoms with Crippen LogP contribution in [0.25, 0.3) is 22.3 Å². The molecule has 3 aliphatic rings. The first-order chi connectivity index (χ1) is 20.9.